The summed E-state index contributed by atoms with van der Waals surface area (Å²) in [6.45, 7) is 6.40. The highest BCUT2D eigenvalue weighted by Crippen LogP contribution is 2.29. The Morgan fingerprint density at radius 2 is 1.59 bits per heavy atom. The molecule has 0 bridgehead atoms. The number of ether oxygens (including phenoxy) is 1. The standard InChI is InChI=1S/C27H28ClN3O3/c1-2-34-27(33)22-10-13-25(24(18-22)29-26(32)21-8-11-23(28)12-9-21)31-16-14-30(15-17-31)19-20-6-4-3-5-7-20/h3-13,18H,2,14-17,19H2,1H3,(H,29,32). The molecule has 7 heteroatoms. The number of rotatable bonds is 7. The number of nitrogens with zero attached hydrogens (tertiary/aromatic N) is 2. The van der Waals surface area contributed by atoms with Crippen molar-refractivity contribution in [2.75, 3.05) is 43.0 Å². The normalized spacial score (nSPS) is 14.0. The Hall–Kier alpha value is -3.35. The van der Waals surface area contributed by atoms with Crippen LogP contribution < -0.4 is 10.2 Å². The van der Waals surface area contributed by atoms with Gasteiger partial charge in [0.1, 0.15) is 0 Å². The lowest BCUT2D eigenvalue weighted by Gasteiger charge is -2.37. The zero-order chi connectivity index (χ0) is 23.9. The highest BCUT2D eigenvalue weighted by Gasteiger charge is 2.22. The van der Waals surface area contributed by atoms with Crippen LogP contribution in [0.25, 0.3) is 0 Å². The lowest BCUT2D eigenvalue weighted by atomic mass is 10.1. The van der Waals surface area contributed by atoms with Crippen molar-refractivity contribution < 1.29 is 14.3 Å². The summed E-state index contributed by atoms with van der Waals surface area (Å²) in [6, 6.07) is 22.5. The Kier molecular flexibility index (Phi) is 7.83. The highest BCUT2D eigenvalue weighted by atomic mass is 35.5. The van der Waals surface area contributed by atoms with Gasteiger partial charge in [-0.3, -0.25) is 9.69 Å². The van der Waals surface area contributed by atoms with E-state index in [1.54, 1.807) is 43.3 Å². The van der Waals surface area contributed by atoms with Gasteiger partial charge in [-0.15, -0.1) is 0 Å². The molecule has 0 atom stereocenters. The third kappa shape index (κ3) is 5.95. The first-order valence-electron chi connectivity index (χ1n) is 11.4. The van der Waals surface area contributed by atoms with Crippen LogP contribution in [0.2, 0.25) is 5.02 Å². The van der Waals surface area contributed by atoms with Crippen LogP contribution in [0.5, 0.6) is 0 Å². The summed E-state index contributed by atoms with van der Waals surface area (Å²) in [5.74, 6) is -0.676. The lowest BCUT2D eigenvalue weighted by Crippen LogP contribution is -2.46. The van der Waals surface area contributed by atoms with Crippen molar-refractivity contribution in [1.29, 1.82) is 0 Å². The zero-order valence-corrected chi connectivity index (χ0v) is 19.9. The van der Waals surface area contributed by atoms with Gasteiger partial charge in [-0.1, -0.05) is 41.9 Å². The van der Waals surface area contributed by atoms with E-state index in [9.17, 15) is 9.59 Å². The molecule has 0 unspecified atom stereocenters. The molecule has 0 radical (unpaired) electrons. The van der Waals surface area contributed by atoms with Gasteiger partial charge in [-0.05, 0) is 55.0 Å². The van der Waals surface area contributed by atoms with Gasteiger partial charge in [0.2, 0.25) is 0 Å². The Morgan fingerprint density at radius 3 is 2.26 bits per heavy atom. The molecule has 6 nitrogen and oxygen atoms in total. The Morgan fingerprint density at radius 1 is 0.912 bits per heavy atom. The molecule has 0 spiro atoms. The maximum atomic E-state index is 12.9. The van der Waals surface area contributed by atoms with Crippen LogP contribution in [-0.2, 0) is 11.3 Å². The number of hydrogen-bond donors (Lipinski definition) is 1. The van der Waals surface area contributed by atoms with Gasteiger partial charge in [-0.25, -0.2) is 4.79 Å². The predicted octanol–water partition coefficient (Wildman–Crippen LogP) is 5.09. The predicted molar refractivity (Wildman–Crippen MR) is 136 cm³/mol. The van der Waals surface area contributed by atoms with Gasteiger partial charge >= 0.3 is 5.97 Å². The van der Waals surface area contributed by atoms with Crippen LogP contribution in [0.1, 0.15) is 33.2 Å². The van der Waals surface area contributed by atoms with Crippen molar-refractivity contribution in [1.82, 2.24) is 4.90 Å². The second-order valence-electron chi connectivity index (χ2n) is 8.16. The van der Waals surface area contributed by atoms with Crippen molar-refractivity contribution in [2.45, 2.75) is 13.5 Å². The molecule has 3 aromatic carbocycles. The monoisotopic (exact) mass is 477 g/mol. The molecule has 3 aromatic rings. The van der Waals surface area contributed by atoms with Crippen LogP contribution in [-0.4, -0.2) is 49.6 Å². The molecule has 1 saturated heterocycles. The van der Waals surface area contributed by atoms with E-state index in [4.69, 9.17) is 16.3 Å². The van der Waals surface area contributed by atoms with E-state index in [1.165, 1.54) is 5.56 Å². The summed E-state index contributed by atoms with van der Waals surface area (Å²) in [5.41, 5.74) is 3.66. The lowest BCUT2D eigenvalue weighted by molar-refractivity contribution is 0.0526. The molecule has 34 heavy (non-hydrogen) atoms. The van der Waals surface area contributed by atoms with Crippen molar-refractivity contribution in [3.8, 4) is 0 Å². The Bertz CT molecular complexity index is 1130. The van der Waals surface area contributed by atoms with E-state index in [0.717, 1.165) is 38.4 Å². The molecule has 0 saturated carbocycles. The van der Waals surface area contributed by atoms with Gasteiger partial charge in [0.15, 0.2) is 0 Å². The number of carbonyl (C=O) groups is 2. The second-order valence-corrected chi connectivity index (χ2v) is 8.60. The number of esters is 1. The van der Waals surface area contributed by atoms with Crippen molar-refractivity contribution in [2.24, 2.45) is 0 Å². The molecule has 1 aliphatic rings. The third-order valence-corrected chi connectivity index (χ3v) is 6.08. The molecule has 0 aliphatic carbocycles. The first-order chi connectivity index (χ1) is 16.5. The fourth-order valence-corrected chi connectivity index (χ4v) is 4.16. The molecule has 1 aliphatic heterocycles. The second kappa shape index (κ2) is 11.2. The zero-order valence-electron chi connectivity index (χ0n) is 19.2. The van der Waals surface area contributed by atoms with Crippen LogP contribution in [0, 0.1) is 0 Å². The molecular formula is C27H28ClN3O3. The number of amides is 1. The summed E-state index contributed by atoms with van der Waals surface area (Å²) in [4.78, 5) is 29.9. The van der Waals surface area contributed by atoms with E-state index in [0.29, 0.717) is 21.8 Å². The highest BCUT2D eigenvalue weighted by molar-refractivity contribution is 6.30. The maximum Gasteiger partial charge on any atom is 0.338 e. The number of benzene rings is 3. The number of anilines is 2. The van der Waals surface area contributed by atoms with Gasteiger partial charge in [0.05, 0.1) is 23.5 Å². The van der Waals surface area contributed by atoms with Gasteiger partial charge in [0.25, 0.3) is 5.91 Å². The smallest absolute Gasteiger partial charge is 0.338 e. The van der Waals surface area contributed by atoms with E-state index < -0.39 is 5.97 Å². The summed E-state index contributed by atoms with van der Waals surface area (Å²) < 4.78 is 5.16. The summed E-state index contributed by atoms with van der Waals surface area (Å²) in [5, 5.41) is 3.55. The quantitative estimate of drug-likeness (QED) is 0.480. The summed E-state index contributed by atoms with van der Waals surface area (Å²) >= 11 is 5.96. The molecule has 4 rings (SSSR count). The molecule has 1 fully saturated rings. The maximum absolute atomic E-state index is 12.9. The number of carbonyl (C=O) groups excluding carboxylic acids is 2. The van der Waals surface area contributed by atoms with E-state index in [-0.39, 0.29) is 12.5 Å². The molecule has 1 N–H and O–H groups in total. The average molecular weight is 478 g/mol. The fraction of sp³-hybridized carbons (Fsp3) is 0.259. The number of halogens is 1. The molecule has 1 heterocycles. The van der Waals surface area contributed by atoms with Crippen molar-refractivity contribution in [3.05, 3.63) is 94.5 Å². The van der Waals surface area contributed by atoms with Crippen LogP contribution in [0.4, 0.5) is 11.4 Å². The van der Waals surface area contributed by atoms with Crippen LogP contribution >= 0.6 is 11.6 Å². The number of nitrogens with one attached hydrogen (secondary N) is 1. The third-order valence-electron chi connectivity index (χ3n) is 5.82. The number of piperazine rings is 1. The van der Waals surface area contributed by atoms with Crippen molar-refractivity contribution >= 4 is 34.9 Å². The molecule has 1 amide bonds. The number of hydrogen-bond acceptors (Lipinski definition) is 5. The van der Waals surface area contributed by atoms with E-state index >= 15 is 0 Å². The SMILES string of the molecule is CCOC(=O)c1ccc(N2CCN(Cc3ccccc3)CC2)c(NC(=O)c2ccc(Cl)cc2)c1. The molecule has 176 valence electrons. The van der Waals surface area contributed by atoms with Crippen LogP contribution in [0.3, 0.4) is 0 Å². The van der Waals surface area contributed by atoms with Crippen molar-refractivity contribution in [3.63, 3.8) is 0 Å². The van der Waals surface area contributed by atoms with E-state index in [1.807, 2.05) is 12.1 Å². The van der Waals surface area contributed by atoms with E-state index in [2.05, 4.69) is 39.4 Å². The fourth-order valence-electron chi connectivity index (χ4n) is 4.04. The minimum Gasteiger partial charge on any atom is -0.462 e. The molecule has 0 aromatic heterocycles. The Labute approximate surface area is 205 Å². The summed E-state index contributed by atoms with van der Waals surface area (Å²) in [6.07, 6.45) is 0. The topological polar surface area (TPSA) is 61.9 Å². The first kappa shape index (κ1) is 23.8. The minimum absolute atomic E-state index is 0.262. The average Bonchev–Trinajstić information content (AvgIpc) is 2.86. The Balaban J connectivity index is 1.52. The summed E-state index contributed by atoms with van der Waals surface area (Å²) in [7, 11) is 0. The van der Waals surface area contributed by atoms with Gasteiger partial charge < -0.3 is 15.0 Å². The minimum atomic E-state index is -0.413. The largest absolute Gasteiger partial charge is 0.462 e. The molecular weight excluding hydrogens is 450 g/mol. The van der Waals surface area contributed by atoms with Gasteiger partial charge in [-0.2, -0.15) is 0 Å². The first-order valence-corrected chi connectivity index (χ1v) is 11.8. The van der Waals surface area contributed by atoms with Gasteiger partial charge in [0, 0.05) is 43.3 Å². The van der Waals surface area contributed by atoms with Crippen LogP contribution in [0.15, 0.2) is 72.8 Å².